The molecule has 11 nitrogen and oxygen atoms in total. The normalized spacial score (nSPS) is 10.5. The van der Waals surface area contributed by atoms with E-state index in [2.05, 4.69) is 5.32 Å². The molecule has 1 amide bonds. The van der Waals surface area contributed by atoms with Gasteiger partial charge in [0.2, 0.25) is 0 Å². The summed E-state index contributed by atoms with van der Waals surface area (Å²) in [5, 5.41) is 25.6. The number of hydrogen-bond acceptors (Lipinski definition) is 8. The lowest BCUT2D eigenvalue weighted by Gasteiger charge is -2.10. The predicted molar refractivity (Wildman–Crippen MR) is 133 cm³/mol. The second-order valence-corrected chi connectivity index (χ2v) is 8.13. The zero-order valence-corrected chi connectivity index (χ0v) is 19.9. The van der Waals surface area contributed by atoms with Crippen molar-refractivity contribution in [3.63, 3.8) is 0 Å². The van der Waals surface area contributed by atoms with Crippen LogP contribution in [0.25, 0.3) is 0 Å². The number of hydrogen-bond donors (Lipinski definition) is 1. The standard InChI is InChI=1S/C25H18ClN3O8/c1-15-10-18(6-8-21(15)26)36-20-12-16(11-17(13-20)28(31)32)27-25(30)24-9-7-19(37-24)14-35-23-5-3-2-4-22(23)29(33)34/h2-13H,14H2,1H3,(H,27,30). The number of nitro benzene ring substituents is 2. The first-order valence-electron chi connectivity index (χ1n) is 10.7. The number of anilines is 1. The monoisotopic (exact) mass is 523 g/mol. The van der Waals surface area contributed by atoms with Gasteiger partial charge in [0, 0.05) is 23.2 Å². The highest BCUT2D eigenvalue weighted by molar-refractivity contribution is 6.31. The number of halogens is 1. The topological polar surface area (TPSA) is 147 Å². The van der Waals surface area contributed by atoms with Crippen molar-refractivity contribution in [1.82, 2.24) is 0 Å². The van der Waals surface area contributed by atoms with Crippen LogP contribution in [0.15, 0.2) is 77.2 Å². The number of amides is 1. The smallest absolute Gasteiger partial charge is 0.310 e. The zero-order valence-electron chi connectivity index (χ0n) is 19.2. The van der Waals surface area contributed by atoms with E-state index in [1.165, 1.54) is 48.5 Å². The number of rotatable bonds is 9. The van der Waals surface area contributed by atoms with Crippen molar-refractivity contribution in [2.24, 2.45) is 0 Å². The Balaban J connectivity index is 1.47. The number of nitrogens with one attached hydrogen (secondary N) is 1. The molecule has 0 fully saturated rings. The maximum atomic E-state index is 12.7. The third kappa shape index (κ3) is 6.21. The zero-order chi connectivity index (χ0) is 26.5. The van der Waals surface area contributed by atoms with Crippen molar-refractivity contribution >= 4 is 34.6 Å². The van der Waals surface area contributed by atoms with Crippen molar-refractivity contribution in [3.05, 3.63) is 115 Å². The van der Waals surface area contributed by atoms with Crippen LogP contribution in [0.3, 0.4) is 0 Å². The van der Waals surface area contributed by atoms with E-state index in [1.54, 1.807) is 31.2 Å². The molecule has 1 heterocycles. The summed E-state index contributed by atoms with van der Waals surface area (Å²) in [5.41, 5.74) is 0.368. The van der Waals surface area contributed by atoms with Crippen LogP contribution in [0.1, 0.15) is 21.9 Å². The van der Waals surface area contributed by atoms with Gasteiger partial charge in [-0.15, -0.1) is 0 Å². The number of ether oxygens (including phenoxy) is 2. The summed E-state index contributed by atoms with van der Waals surface area (Å²) in [6.07, 6.45) is 0. The van der Waals surface area contributed by atoms with E-state index in [-0.39, 0.29) is 46.7 Å². The number of furan rings is 1. The first kappa shape index (κ1) is 25.2. The highest BCUT2D eigenvalue weighted by Crippen LogP contribution is 2.32. The number of aryl methyl sites for hydroxylation is 1. The Labute approximate surface area is 214 Å². The van der Waals surface area contributed by atoms with Crippen LogP contribution < -0.4 is 14.8 Å². The number of benzene rings is 3. The molecule has 4 aromatic rings. The maximum Gasteiger partial charge on any atom is 0.310 e. The van der Waals surface area contributed by atoms with Crippen LogP contribution in [-0.2, 0) is 6.61 Å². The van der Waals surface area contributed by atoms with Gasteiger partial charge >= 0.3 is 5.69 Å². The van der Waals surface area contributed by atoms with Gasteiger partial charge in [0.05, 0.1) is 21.6 Å². The Kier molecular flexibility index (Phi) is 7.35. The summed E-state index contributed by atoms with van der Waals surface area (Å²) in [5.74, 6) is 0.0618. The molecular formula is C25H18ClN3O8. The van der Waals surface area contributed by atoms with Gasteiger partial charge < -0.3 is 19.2 Å². The Bertz CT molecular complexity index is 1500. The Morgan fingerprint density at radius 2 is 1.76 bits per heavy atom. The first-order chi connectivity index (χ1) is 17.7. The fourth-order valence-electron chi connectivity index (χ4n) is 3.29. The van der Waals surface area contributed by atoms with Gasteiger partial charge in [0.1, 0.15) is 23.9 Å². The van der Waals surface area contributed by atoms with Crippen molar-refractivity contribution in [3.8, 4) is 17.2 Å². The molecule has 0 aliphatic heterocycles. The summed E-state index contributed by atoms with van der Waals surface area (Å²) in [7, 11) is 0. The lowest BCUT2D eigenvalue weighted by Crippen LogP contribution is -2.11. The van der Waals surface area contributed by atoms with E-state index in [1.807, 2.05) is 0 Å². The van der Waals surface area contributed by atoms with Gasteiger partial charge in [-0.05, 0) is 48.9 Å². The molecule has 0 spiro atoms. The van der Waals surface area contributed by atoms with Crippen LogP contribution >= 0.6 is 11.6 Å². The number of carbonyl (C=O) groups is 1. The minimum atomic E-state index is -0.675. The molecular weight excluding hydrogens is 506 g/mol. The second kappa shape index (κ2) is 10.8. The number of para-hydroxylation sites is 2. The molecule has 1 N–H and O–H groups in total. The van der Waals surface area contributed by atoms with E-state index in [0.717, 1.165) is 5.56 Å². The SMILES string of the molecule is Cc1cc(Oc2cc(NC(=O)c3ccc(COc4ccccc4[N+](=O)[O-])o3)cc([N+](=O)[O-])c2)ccc1Cl. The minimum Gasteiger partial charge on any atom is -0.479 e. The third-order valence-electron chi connectivity index (χ3n) is 5.04. The Morgan fingerprint density at radius 1 is 0.973 bits per heavy atom. The lowest BCUT2D eigenvalue weighted by atomic mass is 10.2. The largest absolute Gasteiger partial charge is 0.479 e. The molecule has 0 aliphatic carbocycles. The number of carbonyl (C=O) groups excluding carboxylic acids is 1. The summed E-state index contributed by atoms with van der Waals surface area (Å²) in [4.78, 5) is 34.1. The predicted octanol–water partition coefficient (Wildman–Crippen LogP) is 6.68. The third-order valence-corrected chi connectivity index (χ3v) is 5.47. The Morgan fingerprint density at radius 3 is 2.49 bits per heavy atom. The van der Waals surface area contributed by atoms with Crippen LogP contribution in [0.4, 0.5) is 17.1 Å². The fraction of sp³-hybridized carbons (Fsp3) is 0.0800. The van der Waals surface area contributed by atoms with Crippen LogP contribution in [0, 0.1) is 27.2 Å². The van der Waals surface area contributed by atoms with Gasteiger partial charge in [-0.1, -0.05) is 23.7 Å². The molecule has 4 rings (SSSR count). The van der Waals surface area contributed by atoms with Crippen LogP contribution in [0.5, 0.6) is 17.2 Å². The van der Waals surface area contributed by atoms with E-state index in [9.17, 15) is 25.0 Å². The van der Waals surface area contributed by atoms with Gasteiger partial charge in [0.25, 0.3) is 11.6 Å². The minimum absolute atomic E-state index is 0.0508. The molecule has 1 aromatic heterocycles. The highest BCUT2D eigenvalue weighted by atomic mass is 35.5. The van der Waals surface area contributed by atoms with Gasteiger partial charge in [-0.3, -0.25) is 25.0 Å². The first-order valence-corrected chi connectivity index (χ1v) is 11.1. The molecule has 0 radical (unpaired) electrons. The van der Waals surface area contributed by atoms with Crippen molar-refractivity contribution < 1.29 is 28.5 Å². The molecule has 0 atom stereocenters. The second-order valence-electron chi connectivity index (χ2n) is 7.72. The van der Waals surface area contributed by atoms with Gasteiger partial charge in [-0.25, -0.2) is 0 Å². The Hall–Kier alpha value is -4.90. The molecule has 3 aromatic carbocycles. The van der Waals surface area contributed by atoms with Gasteiger partial charge in [0.15, 0.2) is 11.5 Å². The maximum absolute atomic E-state index is 12.7. The number of nitrogens with zero attached hydrogens (tertiary/aromatic N) is 2. The highest BCUT2D eigenvalue weighted by Gasteiger charge is 2.18. The average molecular weight is 524 g/mol. The molecule has 0 saturated carbocycles. The molecule has 0 aliphatic rings. The van der Waals surface area contributed by atoms with Crippen molar-refractivity contribution in [1.29, 1.82) is 0 Å². The number of non-ortho nitro benzene ring substituents is 1. The van der Waals surface area contributed by atoms with Crippen LogP contribution in [0.2, 0.25) is 5.02 Å². The number of nitro groups is 2. The molecule has 0 unspecified atom stereocenters. The van der Waals surface area contributed by atoms with Gasteiger partial charge in [-0.2, -0.15) is 0 Å². The van der Waals surface area contributed by atoms with E-state index < -0.39 is 15.8 Å². The summed E-state index contributed by atoms with van der Waals surface area (Å²) < 4.78 is 16.7. The molecule has 188 valence electrons. The molecule has 37 heavy (non-hydrogen) atoms. The van der Waals surface area contributed by atoms with E-state index in [0.29, 0.717) is 10.8 Å². The van der Waals surface area contributed by atoms with Crippen molar-refractivity contribution in [2.75, 3.05) is 5.32 Å². The quantitative estimate of drug-likeness (QED) is 0.188. The molecule has 12 heteroatoms. The van der Waals surface area contributed by atoms with Crippen LogP contribution in [-0.4, -0.2) is 15.8 Å². The summed E-state index contributed by atoms with van der Waals surface area (Å²) in [6.45, 7) is 1.63. The van der Waals surface area contributed by atoms with E-state index in [4.69, 9.17) is 25.5 Å². The fourth-order valence-corrected chi connectivity index (χ4v) is 3.40. The summed E-state index contributed by atoms with van der Waals surface area (Å²) >= 11 is 6.03. The molecule has 0 bridgehead atoms. The lowest BCUT2D eigenvalue weighted by molar-refractivity contribution is -0.386. The van der Waals surface area contributed by atoms with E-state index >= 15 is 0 Å². The average Bonchev–Trinajstić information content (AvgIpc) is 3.34. The summed E-state index contributed by atoms with van der Waals surface area (Å²) in [6, 6.07) is 17.5. The molecule has 0 saturated heterocycles. The van der Waals surface area contributed by atoms with Crippen molar-refractivity contribution in [2.45, 2.75) is 13.5 Å².